The van der Waals surface area contributed by atoms with Crippen LogP contribution in [-0.4, -0.2) is 32.7 Å². The predicted octanol–water partition coefficient (Wildman–Crippen LogP) is 3.69. The topological polar surface area (TPSA) is 65.1 Å². The van der Waals surface area contributed by atoms with Crippen LogP contribution in [0.25, 0.3) is 0 Å². The molecule has 0 fully saturated rings. The fourth-order valence-corrected chi connectivity index (χ4v) is 3.85. The summed E-state index contributed by atoms with van der Waals surface area (Å²) in [5, 5.41) is 0.570. The first-order valence-electron chi connectivity index (χ1n) is 8.74. The zero-order valence-electron chi connectivity index (χ0n) is 15.4. The third kappa shape index (κ3) is 2.99. The third-order valence-electron chi connectivity index (χ3n) is 5.01. The van der Waals surface area contributed by atoms with Crippen molar-refractivity contribution in [3.63, 3.8) is 0 Å². The monoisotopic (exact) mass is 399 g/mol. The van der Waals surface area contributed by atoms with E-state index in [1.54, 1.807) is 61.6 Å². The van der Waals surface area contributed by atoms with Gasteiger partial charge in [-0.05, 0) is 42.5 Å². The number of amides is 1. The summed E-state index contributed by atoms with van der Waals surface area (Å²) in [6, 6.07) is 12.3. The van der Waals surface area contributed by atoms with E-state index < -0.39 is 11.9 Å². The molecular weight excluding hydrogens is 382 g/mol. The van der Waals surface area contributed by atoms with Crippen molar-refractivity contribution in [1.82, 2.24) is 0 Å². The summed E-state index contributed by atoms with van der Waals surface area (Å²) in [4.78, 5) is 27.2. The van der Waals surface area contributed by atoms with E-state index in [4.69, 9.17) is 25.8 Å². The van der Waals surface area contributed by atoms with E-state index in [1.807, 2.05) is 0 Å². The predicted molar refractivity (Wildman–Crippen MR) is 104 cm³/mol. The van der Waals surface area contributed by atoms with Crippen molar-refractivity contribution in [3.05, 3.63) is 64.3 Å². The lowest BCUT2D eigenvalue weighted by molar-refractivity contribution is -0.136. The molecule has 0 aliphatic carbocycles. The van der Waals surface area contributed by atoms with Crippen molar-refractivity contribution in [1.29, 1.82) is 0 Å². The summed E-state index contributed by atoms with van der Waals surface area (Å²) in [6.45, 7) is 0.0469. The van der Waals surface area contributed by atoms with Crippen molar-refractivity contribution in [2.75, 3.05) is 25.7 Å². The second kappa shape index (κ2) is 7.20. The van der Waals surface area contributed by atoms with Gasteiger partial charge >= 0.3 is 5.97 Å². The number of nitrogens with zero attached hydrogens (tertiary/aromatic N) is 1. The molecule has 2 aliphatic heterocycles. The van der Waals surface area contributed by atoms with Crippen LogP contribution < -0.4 is 14.4 Å². The van der Waals surface area contributed by atoms with Crippen molar-refractivity contribution >= 4 is 29.2 Å². The lowest BCUT2D eigenvalue weighted by Gasteiger charge is -2.32. The molecule has 144 valence electrons. The summed E-state index contributed by atoms with van der Waals surface area (Å²) < 4.78 is 16.1. The summed E-state index contributed by atoms with van der Waals surface area (Å²) in [7, 11) is 3.12. The molecule has 2 aromatic rings. The first kappa shape index (κ1) is 18.4. The highest BCUT2D eigenvalue weighted by atomic mass is 35.5. The highest BCUT2D eigenvalue weighted by Crippen LogP contribution is 2.45. The standard InChI is InChI=1S/C21H18ClNO5/c1-26-14-7-8-18(27-2)15(9-14)16-10-19(24)23(13-5-3-12(22)4-6-13)17-11-28-21(25)20(16)17/h3-9,16H,10-11H2,1-2H3. The van der Waals surface area contributed by atoms with Crippen molar-refractivity contribution in [2.24, 2.45) is 0 Å². The molecule has 0 aromatic heterocycles. The van der Waals surface area contributed by atoms with Gasteiger partial charge in [-0.25, -0.2) is 4.79 Å². The van der Waals surface area contributed by atoms with E-state index in [1.165, 1.54) is 0 Å². The molecule has 0 saturated heterocycles. The highest BCUT2D eigenvalue weighted by Gasteiger charge is 2.43. The molecule has 0 bridgehead atoms. The van der Waals surface area contributed by atoms with Gasteiger partial charge in [0.2, 0.25) is 5.91 Å². The number of hydrogen-bond donors (Lipinski definition) is 0. The van der Waals surface area contributed by atoms with Gasteiger partial charge in [0.15, 0.2) is 0 Å². The average Bonchev–Trinajstić information content (AvgIpc) is 3.09. The molecule has 2 aliphatic rings. The lowest BCUT2D eigenvalue weighted by atomic mass is 9.83. The number of rotatable bonds is 4. The minimum Gasteiger partial charge on any atom is -0.497 e. The molecule has 0 N–H and O–H groups in total. The maximum Gasteiger partial charge on any atom is 0.336 e. The maximum absolute atomic E-state index is 13.1. The van der Waals surface area contributed by atoms with Crippen LogP contribution in [0.1, 0.15) is 17.9 Å². The van der Waals surface area contributed by atoms with E-state index in [-0.39, 0.29) is 18.9 Å². The Balaban J connectivity index is 1.85. The molecule has 1 unspecified atom stereocenters. The number of carbonyl (C=O) groups excluding carboxylic acids is 2. The number of halogens is 1. The van der Waals surface area contributed by atoms with Gasteiger partial charge in [-0.1, -0.05) is 11.6 Å². The van der Waals surface area contributed by atoms with Gasteiger partial charge in [-0.15, -0.1) is 0 Å². The van der Waals surface area contributed by atoms with E-state index in [9.17, 15) is 9.59 Å². The Morgan fingerprint density at radius 3 is 2.50 bits per heavy atom. The highest BCUT2D eigenvalue weighted by molar-refractivity contribution is 6.30. The fraction of sp³-hybridized carbons (Fsp3) is 0.238. The van der Waals surface area contributed by atoms with Gasteiger partial charge in [0.1, 0.15) is 18.1 Å². The Kier molecular flexibility index (Phi) is 4.73. The summed E-state index contributed by atoms with van der Waals surface area (Å²) in [5.74, 6) is 0.193. The van der Waals surface area contributed by atoms with Crippen LogP contribution in [0.3, 0.4) is 0 Å². The van der Waals surface area contributed by atoms with Gasteiger partial charge in [0.05, 0.1) is 25.5 Å². The minimum atomic E-state index is -0.467. The normalized spacial score (nSPS) is 18.8. The molecule has 7 heteroatoms. The Morgan fingerprint density at radius 1 is 1.07 bits per heavy atom. The number of ether oxygens (including phenoxy) is 3. The first-order valence-corrected chi connectivity index (χ1v) is 9.12. The lowest BCUT2D eigenvalue weighted by Crippen LogP contribution is -2.37. The second-order valence-corrected chi connectivity index (χ2v) is 6.94. The quantitative estimate of drug-likeness (QED) is 0.733. The van der Waals surface area contributed by atoms with Crippen LogP contribution in [-0.2, 0) is 14.3 Å². The molecule has 0 saturated carbocycles. The van der Waals surface area contributed by atoms with Gasteiger partial charge in [0, 0.05) is 28.6 Å². The van der Waals surface area contributed by atoms with Crippen molar-refractivity contribution in [3.8, 4) is 11.5 Å². The summed E-state index contributed by atoms with van der Waals surface area (Å²) in [6.07, 6.45) is 0.111. The molecular formula is C21H18ClNO5. The van der Waals surface area contributed by atoms with Gasteiger partial charge in [-0.3, -0.25) is 9.69 Å². The number of esters is 1. The van der Waals surface area contributed by atoms with Crippen LogP contribution in [0.2, 0.25) is 5.02 Å². The molecule has 1 amide bonds. The van der Waals surface area contributed by atoms with Crippen molar-refractivity contribution < 1.29 is 23.8 Å². The van der Waals surface area contributed by atoms with E-state index in [0.29, 0.717) is 33.5 Å². The third-order valence-corrected chi connectivity index (χ3v) is 5.27. The van der Waals surface area contributed by atoms with Crippen LogP contribution >= 0.6 is 11.6 Å². The molecule has 28 heavy (non-hydrogen) atoms. The SMILES string of the molecule is COc1ccc(OC)c(C2CC(=O)N(c3ccc(Cl)cc3)C3=C2C(=O)OC3)c1. The molecule has 6 nitrogen and oxygen atoms in total. The Labute approximate surface area is 167 Å². The van der Waals surface area contributed by atoms with E-state index in [0.717, 1.165) is 5.56 Å². The first-order chi connectivity index (χ1) is 13.5. The van der Waals surface area contributed by atoms with Crippen LogP contribution in [0, 0.1) is 0 Å². The molecule has 1 atom stereocenters. The largest absolute Gasteiger partial charge is 0.497 e. The van der Waals surface area contributed by atoms with Crippen LogP contribution in [0.4, 0.5) is 5.69 Å². The Bertz CT molecular complexity index is 983. The molecule has 2 heterocycles. The van der Waals surface area contributed by atoms with E-state index >= 15 is 0 Å². The smallest absolute Gasteiger partial charge is 0.336 e. The molecule has 4 rings (SSSR count). The fourth-order valence-electron chi connectivity index (χ4n) is 3.72. The number of cyclic esters (lactones) is 1. The number of benzene rings is 2. The maximum atomic E-state index is 13.1. The zero-order valence-corrected chi connectivity index (χ0v) is 16.2. The Morgan fingerprint density at radius 2 is 1.82 bits per heavy atom. The number of carbonyl (C=O) groups is 2. The van der Waals surface area contributed by atoms with E-state index in [2.05, 4.69) is 0 Å². The summed E-state index contributed by atoms with van der Waals surface area (Å²) >= 11 is 5.97. The zero-order chi connectivity index (χ0) is 19.8. The number of methoxy groups -OCH3 is 2. The van der Waals surface area contributed by atoms with Crippen LogP contribution in [0.5, 0.6) is 11.5 Å². The van der Waals surface area contributed by atoms with Crippen LogP contribution in [0.15, 0.2) is 53.7 Å². The minimum absolute atomic E-state index is 0.0469. The Hall–Kier alpha value is -2.99. The molecule has 0 radical (unpaired) electrons. The average molecular weight is 400 g/mol. The molecule has 2 aromatic carbocycles. The molecule has 0 spiro atoms. The second-order valence-electron chi connectivity index (χ2n) is 6.51. The number of anilines is 1. The van der Waals surface area contributed by atoms with Gasteiger partial charge in [-0.2, -0.15) is 0 Å². The number of hydrogen-bond acceptors (Lipinski definition) is 5. The van der Waals surface area contributed by atoms with Crippen molar-refractivity contribution in [2.45, 2.75) is 12.3 Å². The summed E-state index contributed by atoms with van der Waals surface area (Å²) in [5.41, 5.74) is 2.40. The van der Waals surface area contributed by atoms with Gasteiger partial charge in [0.25, 0.3) is 0 Å². The van der Waals surface area contributed by atoms with Gasteiger partial charge < -0.3 is 14.2 Å².